The van der Waals surface area contributed by atoms with Gasteiger partial charge in [0.15, 0.2) is 0 Å². The van der Waals surface area contributed by atoms with Crippen LogP contribution >= 0.6 is 0 Å². The lowest BCUT2D eigenvalue weighted by atomic mass is 10.2. The molecule has 0 radical (unpaired) electrons. The van der Waals surface area contributed by atoms with Gasteiger partial charge >= 0.3 is 0 Å². The summed E-state index contributed by atoms with van der Waals surface area (Å²) in [6.45, 7) is 4.84. The summed E-state index contributed by atoms with van der Waals surface area (Å²) in [5.74, 6) is 6.55. The highest BCUT2D eigenvalue weighted by Gasteiger charge is 2.14. The number of aromatic nitrogens is 2. The molecule has 0 amide bonds. The first-order chi connectivity index (χ1) is 12.2. The highest BCUT2D eigenvalue weighted by Crippen LogP contribution is 2.22. The van der Waals surface area contributed by atoms with Crippen LogP contribution in [0, 0.1) is 11.8 Å². The maximum absolute atomic E-state index is 5.43. The quantitative estimate of drug-likeness (QED) is 0.828. The minimum Gasteiger partial charge on any atom is -0.369 e. The molecule has 1 aromatic carbocycles. The maximum Gasteiger partial charge on any atom is 0.227 e. The topological polar surface area (TPSA) is 70.3 Å². The van der Waals surface area contributed by atoms with Gasteiger partial charge < -0.3 is 20.9 Å². The Bertz CT molecular complexity index is 738. The molecule has 3 N–H and O–H groups in total. The highest BCUT2D eigenvalue weighted by atomic mass is 15.2. The van der Waals surface area contributed by atoms with Gasteiger partial charge in [-0.2, -0.15) is 0 Å². The van der Waals surface area contributed by atoms with E-state index in [0.29, 0.717) is 18.9 Å². The lowest BCUT2D eigenvalue weighted by Gasteiger charge is -2.34. The van der Waals surface area contributed by atoms with Crippen molar-refractivity contribution in [3.8, 4) is 11.8 Å². The second-order valence-electron chi connectivity index (χ2n) is 6.10. The molecule has 6 heteroatoms. The van der Waals surface area contributed by atoms with E-state index >= 15 is 0 Å². The van der Waals surface area contributed by atoms with Crippen molar-refractivity contribution in [3.05, 3.63) is 42.2 Å². The minimum absolute atomic E-state index is 0.567. The second kappa shape index (κ2) is 8.47. The summed E-state index contributed by atoms with van der Waals surface area (Å²) in [4.78, 5) is 13.4. The Morgan fingerprint density at radius 3 is 2.64 bits per heavy atom. The standard InChI is InChI=1S/C19H24N6/c1-24-9-11-25(12-10-24)18-7-4-6-17(13-18)23-19-21-14-16(15-22-19)5-2-3-8-20/h4,6-7,13-15H,3,8-12,20H2,1H3,(H,21,22,23). The van der Waals surface area contributed by atoms with E-state index in [1.807, 2.05) is 6.07 Å². The molecule has 0 aliphatic carbocycles. The summed E-state index contributed by atoms with van der Waals surface area (Å²) >= 11 is 0. The number of hydrogen-bond donors (Lipinski definition) is 2. The van der Waals surface area contributed by atoms with Crippen molar-refractivity contribution in [1.82, 2.24) is 14.9 Å². The van der Waals surface area contributed by atoms with Gasteiger partial charge in [-0.15, -0.1) is 0 Å². The van der Waals surface area contributed by atoms with Crippen LogP contribution in [0.15, 0.2) is 36.7 Å². The number of rotatable bonds is 4. The number of likely N-dealkylation sites (N-methyl/N-ethyl adjacent to an activating group) is 1. The van der Waals surface area contributed by atoms with Gasteiger partial charge in [-0.25, -0.2) is 9.97 Å². The molecule has 1 saturated heterocycles. The summed E-state index contributed by atoms with van der Waals surface area (Å²) in [5, 5.41) is 3.26. The van der Waals surface area contributed by atoms with Gasteiger partial charge in [0, 0.05) is 62.9 Å². The first-order valence-corrected chi connectivity index (χ1v) is 8.56. The van der Waals surface area contributed by atoms with Crippen molar-refractivity contribution in [2.75, 3.05) is 50.0 Å². The fourth-order valence-corrected chi connectivity index (χ4v) is 2.67. The number of nitrogens with two attached hydrogens (primary N) is 1. The smallest absolute Gasteiger partial charge is 0.227 e. The Hall–Kier alpha value is -2.62. The van der Waals surface area contributed by atoms with Crippen molar-refractivity contribution in [2.24, 2.45) is 5.73 Å². The molecule has 130 valence electrons. The van der Waals surface area contributed by atoms with Gasteiger partial charge in [-0.3, -0.25) is 0 Å². The van der Waals surface area contributed by atoms with Crippen LogP contribution in [0.25, 0.3) is 0 Å². The average Bonchev–Trinajstić information content (AvgIpc) is 2.64. The zero-order valence-electron chi connectivity index (χ0n) is 14.6. The highest BCUT2D eigenvalue weighted by molar-refractivity contribution is 5.62. The lowest BCUT2D eigenvalue weighted by Crippen LogP contribution is -2.44. The van der Waals surface area contributed by atoms with Gasteiger partial charge in [-0.05, 0) is 25.2 Å². The number of nitrogens with one attached hydrogen (secondary N) is 1. The van der Waals surface area contributed by atoms with Gasteiger partial charge in [0.05, 0.1) is 5.56 Å². The number of piperazine rings is 1. The van der Waals surface area contributed by atoms with E-state index in [-0.39, 0.29) is 0 Å². The van der Waals surface area contributed by atoms with Crippen molar-refractivity contribution in [3.63, 3.8) is 0 Å². The Morgan fingerprint density at radius 2 is 1.92 bits per heavy atom. The molecule has 1 aliphatic rings. The number of anilines is 3. The third-order valence-corrected chi connectivity index (χ3v) is 4.12. The zero-order valence-corrected chi connectivity index (χ0v) is 14.6. The largest absolute Gasteiger partial charge is 0.369 e. The SMILES string of the molecule is CN1CCN(c2cccc(Nc3ncc(C#CCCN)cn3)c2)CC1. The van der Waals surface area contributed by atoms with Gasteiger partial charge in [0.25, 0.3) is 0 Å². The third-order valence-electron chi connectivity index (χ3n) is 4.12. The van der Waals surface area contributed by atoms with Crippen LogP contribution in [0.1, 0.15) is 12.0 Å². The number of hydrogen-bond acceptors (Lipinski definition) is 6. The summed E-state index contributed by atoms with van der Waals surface area (Å²) in [6.07, 6.45) is 4.13. The normalized spacial score (nSPS) is 14.7. The van der Waals surface area contributed by atoms with Crippen molar-refractivity contribution in [1.29, 1.82) is 0 Å². The Labute approximate surface area is 149 Å². The molecule has 6 nitrogen and oxygen atoms in total. The van der Waals surface area contributed by atoms with Crippen LogP contribution in [0.5, 0.6) is 0 Å². The van der Waals surface area contributed by atoms with Crippen molar-refractivity contribution < 1.29 is 0 Å². The van der Waals surface area contributed by atoms with Crippen molar-refractivity contribution >= 4 is 17.3 Å². The van der Waals surface area contributed by atoms with Crippen molar-refractivity contribution in [2.45, 2.75) is 6.42 Å². The fraction of sp³-hybridized carbons (Fsp3) is 0.368. The molecule has 0 saturated carbocycles. The molecule has 0 atom stereocenters. The maximum atomic E-state index is 5.43. The van der Waals surface area contributed by atoms with Crippen LogP contribution in [0.2, 0.25) is 0 Å². The Morgan fingerprint density at radius 1 is 1.16 bits per heavy atom. The molecule has 0 unspecified atom stereocenters. The first kappa shape index (κ1) is 17.2. The van der Waals surface area contributed by atoms with Crippen LogP contribution in [0.3, 0.4) is 0 Å². The van der Waals surface area contributed by atoms with E-state index in [1.165, 1.54) is 5.69 Å². The summed E-state index contributed by atoms with van der Waals surface area (Å²) in [6, 6.07) is 8.37. The average molecular weight is 336 g/mol. The third kappa shape index (κ3) is 4.92. The van der Waals surface area contributed by atoms with E-state index in [9.17, 15) is 0 Å². The molecule has 2 heterocycles. The Balaban J connectivity index is 1.65. The molecule has 0 bridgehead atoms. The van der Waals surface area contributed by atoms with Gasteiger partial charge in [-0.1, -0.05) is 17.9 Å². The summed E-state index contributed by atoms with van der Waals surface area (Å²) in [5.41, 5.74) is 8.43. The molecule has 1 aromatic heterocycles. The van der Waals surface area contributed by atoms with Gasteiger partial charge in [0.1, 0.15) is 0 Å². The lowest BCUT2D eigenvalue weighted by molar-refractivity contribution is 0.313. The summed E-state index contributed by atoms with van der Waals surface area (Å²) < 4.78 is 0. The Kier molecular flexibility index (Phi) is 5.83. The molecule has 3 rings (SSSR count). The van der Waals surface area contributed by atoms with E-state index < -0.39 is 0 Å². The minimum atomic E-state index is 0.567. The molecule has 25 heavy (non-hydrogen) atoms. The second-order valence-corrected chi connectivity index (χ2v) is 6.10. The molecule has 0 spiro atoms. The van der Waals surface area contributed by atoms with E-state index in [0.717, 1.165) is 37.4 Å². The molecule has 1 aliphatic heterocycles. The van der Waals surface area contributed by atoms with Crippen LogP contribution in [-0.2, 0) is 0 Å². The zero-order chi connectivity index (χ0) is 17.5. The van der Waals surface area contributed by atoms with E-state index in [2.05, 4.69) is 62.2 Å². The summed E-state index contributed by atoms with van der Waals surface area (Å²) in [7, 11) is 2.16. The molecule has 2 aromatic rings. The predicted octanol–water partition coefficient (Wildman–Crippen LogP) is 1.67. The van der Waals surface area contributed by atoms with Crippen LogP contribution in [0.4, 0.5) is 17.3 Å². The van der Waals surface area contributed by atoms with Crippen LogP contribution < -0.4 is 16.0 Å². The monoisotopic (exact) mass is 336 g/mol. The molecule has 1 fully saturated rings. The molecular formula is C19H24N6. The van der Waals surface area contributed by atoms with Gasteiger partial charge in [0.2, 0.25) is 5.95 Å². The van der Waals surface area contributed by atoms with E-state index in [4.69, 9.17) is 5.73 Å². The fourth-order valence-electron chi connectivity index (χ4n) is 2.67. The molecular weight excluding hydrogens is 312 g/mol. The van der Waals surface area contributed by atoms with E-state index in [1.54, 1.807) is 12.4 Å². The predicted molar refractivity (Wildman–Crippen MR) is 102 cm³/mol. The number of nitrogens with zero attached hydrogens (tertiary/aromatic N) is 4. The van der Waals surface area contributed by atoms with Crippen LogP contribution in [-0.4, -0.2) is 54.6 Å². The first-order valence-electron chi connectivity index (χ1n) is 8.56. The number of benzene rings is 1.